The van der Waals surface area contributed by atoms with Gasteiger partial charge in [0.15, 0.2) is 11.5 Å². The predicted octanol–water partition coefficient (Wildman–Crippen LogP) is 3.12. The largest absolute Gasteiger partial charge is 0.495 e. The van der Waals surface area contributed by atoms with Crippen molar-refractivity contribution >= 4 is 34.8 Å². The number of methoxy groups -OCH3 is 2. The third-order valence-corrected chi connectivity index (χ3v) is 5.36. The van der Waals surface area contributed by atoms with Crippen molar-refractivity contribution in [2.24, 2.45) is 5.92 Å². The van der Waals surface area contributed by atoms with Gasteiger partial charge in [0.1, 0.15) is 24.7 Å². The molecule has 0 saturated carbocycles. The van der Waals surface area contributed by atoms with Crippen molar-refractivity contribution in [1.29, 1.82) is 0 Å². The van der Waals surface area contributed by atoms with Gasteiger partial charge >= 0.3 is 0 Å². The summed E-state index contributed by atoms with van der Waals surface area (Å²) in [5, 5.41) is 3.19. The van der Waals surface area contributed by atoms with Gasteiger partial charge in [-0.3, -0.25) is 9.59 Å². The maximum absolute atomic E-state index is 12.9. The number of nitrogens with zero attached hydrogens (tertiary/aromatic N) is 1. The molecule has 2 amide bonds. The van der Waals surface area contributed by atoms with Crippen LogP contribution in [0.3, 0.4) is 0 Å². The lowest BCUT2D eigenvalue weighted by atomic mass is 10.1. The van der Waals surface area contributed by atoms with Crippen molar-refractivity contribution in [3.63, 3.8) is 0 Å². The first-order chi connectivity index (χ1) is 14.5. The number of hydrogen-bond acceptors (Lipinski definition) is 6. The SMILES string of the molecule is COc1cc(NC(=O)C2CC(=O)N(c3ccc4c(c3)OCCO4)C2)c(OC)cc1Cl. The van der Waals surface area contributed by atoms with Gasteiger partial charge in [-0.05, 0) is 12.1 Å². The second-order valence-electron chi connectivity index (χ2n) is 6.91. The highest BCUT2D eigenvalue weighted by molar-refractivity contribution is 6.32. The molecule has 0 aromatic heterocycles. The number of carbonyl (C=O) groups is 2. The maximum atomic E-state index is 12.9. The molecule has 1 N–H and O–H groups in total. The van der Waals surface area contributed by atoms with Gasteiger partial charge < -0.3 is 29.2 Å². The Kier molecular flexibility index (Phi) is 5.59. The van der Waals surface area contributed by atoms with Gasteiger partial charge in [-0.15, -0.1) is 0 Å². The lowest BCUT2D eigenvalue weighted by Crippen LogP contribution is -2.28. The number of rotatable bonds is 5. The molecule has 30 heavy (non-hydrogen) atoms. The zero-order valence-electron chi connectivity index (χ0n) is 16.6. The lowest BCUT2D eigenvalue weighted by Gasteiger charge is -2.22. The number of fused-ring (bicyclic) bond motifs is 1. The number of halogens is 1. The highest BCUT2D eigenvalue weighted by Gasteiger charge is 2.36. The van der Waals surface area contributed by atoms with E-state index in [0.717, 1.165) is 0 Å². The first-order valence-corrected chi connectivity index (χ1v) is 9.80. The lowest BCUT2D eigenvalue weighted by molar-refractivity contribution is -0.122. The third kappa shape index (κ3) is 3.82. The fourth-order valence-electron chi connectivity index (χ4n) is 3.53. The van der Waals surface area contributed by atoms with E-state index >= 15 is 0 Å². The van der Waals surface area contributed by atoms with Gasteiger partial charge in [0.05, 0.1) is 30.8 Å². The van der Waals surface area contributed by atoms with Crippen LogP contribution in [0.5, 0.6) is 23.0 Å². The van der Waals surface area contributed by atoms with Crippen molar-refractivity contribution in [2.75, 3.05) is 44.2 Å². The van der Waals surface area contributed by atoms with Gasteiger partial charge in [0, 0.05) is 36.9 Å². The summed E-state index contributed by atoms with van der Waals surface area (Å²) in [6.45, 7) is 1.22. The molecule has 1 atom stereocenters. The molecule has 9 heteroatoms. The Bertz CT molecular complexity index is 996. The summed E-state index contributed by atoms with van der Waals surface area (Å²) in [5.74, 6) is 1.12. The van der Waals surface area contributed by atoms with Crippen LogP contribution in [0, 0.1) is 5.92 Å². The second kappa shape index (κ2) is 8.31. The minimum Gasteiger partial charge on any atom is -0.495 e. The molecule has 2 heterocycles. The van der Waals surface area contributed by atoms with E-state index in [2.05, 4.69) is 5.32 Å². The Morgan fingerprint density at radius 1 is 1.10 bits per heavy atom. The van der Waals surface area contributed by atoms with Gasteiger partial charge in [0.2, 0.25) is 11.8 Å². The van der Waals surface area contributed by atoms with E-state index in [1.807, 2.05) is 0 Å². The molecule has 1 unspecified atom stereocenters. The van der Waals surface area contributed by atoms with Crippen LogP contribution in [0.15, 0.2) is 30.3 Å². The zero-order valence-corrected chi connectivity index (χ0v) is 17.3. The summed E-state index contributed by atoms with van der Waals surface area (Å²) in [6.07, 6.45) is 0.104. The van der Waals surface area contributed by atoms with Gasteiger partial charge in [-0.1, -0.05) is 11.6 Å². The monoisotopic (exact) mass is 432 g/mol. The molecule has 0 aliphatic carbocycles. The predicted molar refractivity (Wildman–Crippen MR) is 111 cm³/mol. The standard InChI is InChI=1S/C21H21ClN2O6/c1-27-17-10-15(18(28-2)9-14(17)22)23-21(26)12-7-20(25)24(11-12)13-3-4-16-19(8-13)30-6-5-29-16/h3-4,8-10,12H,5-7,11H2,1-2H3,(H,23,26). The van der Waals surface area contributed by atoms with E-state index in [0.29, 0.717) is 52.6 Å². The van der Waals surface area contributed by atoms with E-state index in [9.17, 15) is 9.59 Å². The first kappa shape index (κ1) is 20.2. The van der Waals surface area contributed by atoms with Crippen molar-refractivity contribution in [2.45, 2.75) is 6.42 Å². The molecule has 0 spiro atoms. The second-order valence-corrected chi connectivity index (χ2v) is 7.32. The van der Waals surface area contributed by atoms with Crippen LogP contribution in [-0.4, -0.2) is 45.8 Å². The Morgan fingerprint density at radius 2 is 1.83 bits per heavy atom. The van der Waals surface area contributed by atoms with Gasteiger partial charge in [-0.25, -0.2) is 0 Å². The van der Waals surface area contributed by atoms with Crippen LogP contribution < -0.4 is 29.2 Å². The highest BCUT2D eigenvalue weighted by Crippen LogP contribution is 2.38. The number of ether oxygens (including phenoxy) is 4. The number of nitrogens with one attached hydrogen (secondary N) is 1. The fraction of sp³-hybridized carbons (Fsp3) is 0.333. The molecule has 2 aromatic carbocycles. The summed E-state index contributed by atoms with van der Waals surface area (Å²) < 4.78 is 21.6. The molecule has 8 nitrogen and oxygen atoms in total. The molecule has 158 valence electrons. The zero-order chi connectivity index (χ0) is 21.3. The molecule has 2 aliphatic heterocycles. The van der Waals surface area contributed by atoms with Crippen LogP contribution in [-0.2, 0) is 9.59 Å². The Balaban J connectivity index is 1.50. The van der Waals surface area contributed by atoms with E-state index in [4.69, 9.17) is 30.5 Å². The normalized spacial score (nSPS) is 17.6. The van der Waals surface area contributed by atoms with Crippen molar-refractivity contribution in [3.05, 3.63) is 35.4 Å². The van der Waals surface area contributed by atoms with Crippen LogP contribution in [0.2, 0.25) is 5.02 Å². The van der Waals surface area contributed by atoms with E-state index in [1.165, 1.54) is 14.2 Å². The quantitative estimate of drug-likeness (QED) is 0.781. The summed E-state index contributed by atoms with van der Waals surface area (Å²) >= 11 is 6.11. The number of hydrogen-bond donors (Lipinski definition) is 1. The average Bonchev–Trinajstić information content (AvgIpc) is 3.16. The number of anilines is 2. The summed E-state index contributed by atoms with van der Waals surface area (Å²) in [4.78, 5) is 27.0. The molecular weight excluding hydrogens is 412 g/mol. The Hall–Kier alpha value is -3.13. The number of amides is 2. The van der Waals surface area contributed by atoms with Gasteiger partial charge in [0.25, 0.3) is 0 Å². The minimum absolute atomic E-state index is 0.104. The van der Waals surface area contributed by atoms with Crippen molar-refractivity contribution < 1.29 is 28.5 Å². The van der Waals surface area contributed by atoms with E-state index < -0.39 is 5.92 Å². The first-order valence-electron chi connectivity index (χ1n) is 9.42. The molecule has 2 aliphatic rings. The summed E-state index contributed by atoms with van der Waals surface area (Å²) in [5.41, 5.74) is 1.10. The minimum atomic E-state index is -0.517. The van der Waals surface area contributed by atoms with Gasteiger partial charge in [-0.2, -0.15) is 0 Å². The molecule has 1 saturated heterocycles. The van der Waals surface area contributed by atoms with Crippen LogP contribution in [0.1, 0.15) is 6.42 Å². The third-order valence-electron chi connectivity index (χ3n) is 5.07. The van der Waals surface area contributed by atoms with E-state index in [1.54, 1.807) is 35.2 Å². The number of benzene rings is 2. The molecule has 0 bridgehead atoms. The highest BCUT2D eigenvalue weighted by atomic mass is 35.5. The van der Waals surface area contributed by atoms with Crippen LogP contribution in [0.4, 0.5) is 11.4 Å². The molecular formula is C21H21ClN2O6. The maximum Gasteiger partial charge on any atom is 0.229 e. The summed E-state index contributed by atoms with van der Waals surface area (Å²) in [7, 11) is 2.97. The summed E-state index contributed by atoms with van der Waals surface area (Å²) in [6, 6.07) is 8.49. The topological polar surface area (TPSA) is 86.3 Å². The van der Waals surface area contributed by atoms with Crippen LogP contribution >= 0.6 is 11.6 Å². The van der Waals surface area contributed by atoms with Crippen LogP contribution in [0.25, 0.3) is 0 Å². The van der Waals surface area contributed by atoms with E-state index in [-0.39, 0.29) is 24.8 Å². The fourth-order valence-corrected chi connectivity index (χ4v) is 3.76. The average molecular weight is 433 g/mol. The smallest absolute Gasteiger partial charge is 0.229 e. The van der Waals surface area contributed by atoms with Crippen molar-refractivity contribution in [1.82, 2.24) is 0 Å². The molecule has 1 fully saturated rings. The molecule has 2 aromatic rings. The Morgan fingerprint density at radius 3 is 2.57 bits per heavy atom. The molecule has 4 rings (SSSR count). The van der Waals surface area contributed by atoms with Crippen molar-refractivity contribution in [3.8, 4) is 23.0 Å². The Labute approximate surface area is 178 Å². The molecule has 0 radical (unpaired) electrons. The number of carbonyl (C=O) groups excluding carboxylic acids is 2.